The van der Waals surface area contributed by atoms with Gasteiger partial charge in [0.05, 0.1) is 4.90 Å². The third-order valence-corrected chi connectivity index (χ3v) is 3.10. The van der Waals surface area contributed by atoms with Crippen molar-refractivity contribution in [3.8, 4) is 0 Å². The van der Waals surface area contributed by atoms with Crippen LogP contribution in [0.3, 0.4) is 0 Å². The first-order chi connectivity index (χ1) is 7.41. The summed E-state index contributed by atoms with van der Waals surface area (Å²) in [5.41, 5.74) is -0.0634. The minimum atomic E-state index is -4.65. The molecule has 0 heterocycles. The van der Waals surface area contributed by atoms with Crippen LogP contribution >= 0.6 is 0 Å². The van der Waals surface area contributed by atoms with E-state index < -0.39 is 26.6 Å². The Morgan fingerprint density at radius 1 is 1.06 bits per heavy atom. The molecule has 0 aromatic heterocycles. The Balaban J connectivity index is 0.00000144. The Bertz CT molecular complexity index is 630. The van der Waals surface area contributed by atoms with E-state index in [0.717, 1.165) is 12.1 Å². The van der Waals surface area contributed by atoms with E-state index in [1.54, 1.807) is 0 Å². The van der Waals surface area contributed by atoms with Crippen molar-refractivity contribution >= 4 is 27.8 Å². The van der Waals surface area contributed by atoms with Gasteiger partial charge in [0.25, 0.3) is 0 Å². The Morgan fingerprint density at radius 2 is 1.71 bits per heavy atom. The van der Waals surface area contributed by atoms with Crippen LogP contribution in [0, 0.1) is 0 Å². The zero-order valence-corrected chi connectivity index (χ0v) is 11.7. The minimum Gasteiger partial charge on any atom is -0.744 e. The maximum Gasteiger partial charge on any atom is 1.00 e. The summed E-state index contributed by atoms with van der Waals surface area (Å²) in [6.45, 7) is 0. The Labute approximate surface area is 120 Å². The first kappa shape index (κ1) is 14.3. The first-order valence-electron chi connectivity index (χ1n) is 4.27. The van der Waals surface area contributed by atoms with E-state index in [0.29, 0.717) is 0 Å². The van der Waals surface area contributed by atoms with Gasteiger partial charge in [0, 0.05) is 11.1 Å². The molecule has 1 aromatic rings. The molecule has 1 aromatic carbocycles. The van der Waals surface area contributed by atoms with E-state index in [4.69, 9.17) is 0 Å². The molecule has 1 aliphatic carbocycles. The number of hydrogen-bond donors (Lipinski definition) is 0. The van der Waals surface area contributed by atoms with Crippen molar-refractivity contribution in [3.05, 3.63) is 35.4 Å². The molecule has 5 nitrogen and oxygen atoms in total. The number of Topliss-reactive ketones (excluding diaryl/α,β-unsaturated/α-hetero) is 1. The summed E-state index contributed by atoms with van der Waals surface area (Å²) in [6.07, 6.45) is 2.13. The number of ketones is 2. The van der Waals surface area contributed by atoms with Crippen LogP contribution in [0.5, 0.6) is 0 Å². The van der Waals surface area contributed by atoms with Gasteiger partial charge in [-0.25, -0.2) is 8.42 Å². The number of hydrogen-bond acceptors (Lipinski definition) is 5. The molecular weight excluding hydrogens is 255 g/mol. The summed E-state index contributed by atoms with van der Waals surface area (Å²) in [4.78, 5) is 22.0. The van der Waals surface area contributed by atoms with Crippen LogP contribution < -0.4 is 29.6 Å². The third kappa shape index (κ3) is 2.56. The smallest absolute Gasteiger partial charge is 0.744 e. The monoisotopic (exact) mass is 260 g/mol. The topological polar surface area (TPSA) is 91.3 Å². The minimum absolute atomic E-state index is 0. The fourth-order valence-electron chi connectivity index (χ4n) is 1.50. The fourth-order valence-corrected chi connectivity index (χ4v) is 2.19. The molecule has 0 radical (unpaired) electrons. The van der Waals surface area contributed by atoms with Gasteiger partial charge < -0.3 is 4.55 Å². The second-order valence-corrected chi connectivity index (χ2v) is 4.55. The van der Waals surface area contributed by atoms with Crippen molar-refractivity contribution in [1.82, 2.24) is 0 Å². The summed E-state index contributed by atoms with van der Waals surface area (Å²) < 4.78 is 32.7. The van der Waals surface area contributed by atoms with Gasteiger partial charge in [0.1, 0.15) is 10.1 Å². The molecule has 0 saturated heterocycles. The molecule has 2 rings (SSSR count). The predicted octanol–water partition coefficient (Wildman–Crippen LogP) is -2.63. The average molecular weight is 260 g/mol. The van der Waals surface area contributed by atoms with Crippen molar-refractivity contribution in [2.75, 3.05) is 0 Å². The van der Waals surface area contributed by atoms with Crippen molar-refractivity contribution in [2.45, 2.75) is 4.90 Å². The van der Waals surface area contributed by atoms with Crippen LogP contribution in [0.25, 0.3) is 6.08 Å². The molecule has 7 heteroatoms. The van der Waals surface area contributed by atoms with E-state index in [1.807, 2.05) is 0 Å². The predicted molar refractivity (Wildman–Crippen MR) is 52.8 cm³/mol. The molecule has 0 N–H and O–H groups in total. The molecule has 0 aliphatic heterocycles. The van der Waals surface area contributed by atoms with Gasteiger partial charge in [0.15, 0.2) is 0 Å². The van der Waals surface area contributed by atoms with Gasteiger partial charge in [-0.1, -0.05) is 12.1 Å². The second kappa shape index (κ2) is 4.83. The van der Waals surface area contributed by atoms with Crippen molar-refractivity contribution in [3.63, 3.8) is 0 Å². The normalized spacial score (nSPS) is 14.2. The number of carbonyl (C=O) groups is 2. The van der Waals surface area contributed by atoms with Crippen molar-refractivity contribution < 1.29 is 52.1 Å². The van der Waals surface area contributed by atoms with Crippen LogP contribution in [0.15, 0.2) is 29.2 Å². The SMILES string of the molecule is O=C1C=Cc2c(cccc2S(=O)(=O)[O-])C1=O.[Na+]. The van der Waals surface area contributed by atoms with Gasteiger partial charge in [-0.2, -0.15) is 0 Å². The van der Waals surface area contributed by atoms with Crippen LogP contribution in [-0.4, -0.2) is 24.5 Å². The molecule has 1 aliphatic rings. The van der Waals surface area contributed by atoms with Crippen LogP contribution in [-0.2, 0) is 14.9 Å². The van der Waals surface area contributed by atoms with E-state index in [9.17, 15) is 22.6 Å². The summed E-state index contributed by atoms with van der Waals surface area (Å²) in [5.74, 6) is -1.53. The standard InChI is InChI=1S/C10H6O5S.Na/c11-8-5-4-6-7(10(8)12)2-1-3-9(6)16(13,14)15;/h1-5H,(H,13,14,15);/q;+1/p-1. The molecule has 0 spiro atoms. The van der Waals surface area contributed by atoms with Crippen molar-refractivity contribution in [1.29, 1.82) is 0 Å². The molecule has 0 amide bonds. The van der Waals surface area contributed by atoms with E-state index in [-0.39, 0.29) is 40.7 Å². The molecule has 0 bridgehead atoms. The van der Waals surface area contributed by atoms with Crippen molar-refractivity contribution in [2.24, 2.45) is 0 Å². The molecular formula is C10H5NaO5S. The van der Waals surface area contributed by atoms with Crippen LogP contribution in [0.2, 0.25) is 0 Å². The Kier molecular flexibility index (Phi) is 4.06. The van der Waals surface area contributed by atoms with Gasteiger partial charge in [-0.3, -0.25) is 9.59 Å². The zero-order valence-electron chi connectivity index (χ0n) is 8.84. The number of rotatable bonds is 1. The molecule has 82 valence electrons. The van der Waals surface area contributed by atoms with Gasteiger partial charge >= 0.3 is 29.6 Å². The molecule has 0 unspecified atom stereocenters. The van der Waals surface area contributed by atoms with Gasteiger partial charge in [-0.05, 0) is 18.2 Å². The number of allylic oxidation sites excluding steroid dienone is 1. The third-order valence-electron chi connectivity index (χ3n) is 2.21. The summed E-state index contributed by atoms with van der Waals surface area (Å²) >= 11 is 0. The number of benzene rings is 1. The molecule has 0 atom stereocenters. The maximum atomic E-state index is 11.4. The van der Waals surface area contributed by atoms with Gasteiger partial charge in [0.2, 0.25) is 11.6 Å². The Hall–Kier alpha value is -0.790. The Morgan fingerprint density at radius 3 is 2.29 bits per heavy atom. The molecule has 0 fully saturated rings. The summed E-state index contributed by atoms with van der Waals surface area (Å²) in [7, 11) is -4.65. The first-order valence-corrected chi connectivity index (χ1v) is 5.68. The fraction of sp³-hybridized carbons (Fsp3) is 0. The summed E-state index contributed by atoms with van der Waals surface area (Å²) in [6, 6.07) is 3.68. The van der Waals surface area contributed by atoms with E-state index in [1.165, 1.54) is 18.2 Å². The van der Waals surface area contributed by atoms with Crippen LogP contribution in [0.4, 0.5) is 0 Å². The zero-order chi connectivity index (χ0) is 11.9. The largest absolute Gasteiger partial charge is 1.00 e. The summed E-state index contributed by atoms with van der Waals surface area (Å²) in [5, 5.41) is 0. The quantitative estimate of drug-likeness (QED) is 0.313. The number of carbonyl (C=O) groups excluding carboxylic acids is 2. The van der Waals surface area contributed by atoms with E-state index in [2.05, 4.69) is 0 Å². The van der Waals surface area contributed by atoms with Crippen LogP contribution in [0.1, 0.15) is 15.9 Å². The second-order valence-electron chi connectivity index (χ2n) is 3.20. The van der Waals surface area contributed by atoms with E-state index >= 15 is 0 Å². The van der Waals surface area contributed by atoms with Gasteiger partial charge in [-0.15, -0.1) is 0 Å². The average Bonchev–Trinajstić information content (AvgIpc) is 2.21. The molecule has 0 saturated carbocycles. The number of fused-ring (bicyclic) bond motifs is 1. The molecule has 17 heavy (non-hydrogen) atoms. The maximum absolute atomic E-state index is 11.4.